The van der Waals surface area contributed by atoms with Gasteiger partial charge in [-0.15, -0.1) is 5.73 Å². The van der Waals surface area contributed by atoms with Crippen molar-refractivity contribution in [1.82, 2.24) is 0 Å². The summed E-state index contributed by atoms with van der Waals surface area (Å²) in [7, 11) is 0. The smallest absolute Gasteiger partial charge is 0.344 e. The minimum Gasteiger partial charge on any atom is -0.508 e. The summed E-state index contributed by atoms with van der Waals surface area (Å²) in [5, 5.41) is 28.6. The Morgan fingerprint density at radius 2 is 1.94 bits per heavy atom. The maximum Gasteiger partial charge on any atom is 0.344 e. The Morgan fingerprint density at radius 3 is 2.39 bits per heavy atom. The van der Waals surface area contributed by atoms with Crippen LogP contribution in [0.2, 0.25) is 0 Å². The summed E-state index contributed by atoms with van der Waals surface area (Å²) in [5.74, 6) is -1.20. The molecular formula is C13H14O5. The average Bonchev–Trinajstić information content (AvgIpc) is 2.28. The summed E-state index contributed by atoms with van der Waals surface area (Å²) in [4.78, 5) is 11.5. The Morgan fingerprint density at radius 1 is 1.39 bits per heavy atom. The zero-order chi connectivity index (χ0) is 13.7. The van der Waals surface area contributed by atoms with Crippen LogP contribution < -0.4 is 0 Å². The van der Waals surface area contributed by atoms with Gasteiger partial charge in [0.05, 0.1) is 6.61 Å². The highest BCUT2D eigenvalue weighted by atomic mass is 16.5. The van der Waals surface area contributed by atoms with E-state index in [0.29, 0.717) is 0 Å². The van der Waals surface area contributed by atoms with Crippen molar-refractivity contribution in [2.75, 3.05) is 6.61 Å². The maximum absolute atomic E-state index is 11.5. The molecule has 1 aromatic carbocycles. The predicted octanol–water partition coefficient (Wildman–Crippen LogP) is 1.41. The number of benzene rings is 1. The second-order valence-corrected chi connectivity index (χ2v) is 3.50. The van der Waals surface area contributed by atoms with Gasteiger partial charge in [0.2, 0.25) is 0 Å². The lowest BCUT2D eigenvalue weighted by Crippen LogP contribution is -2.14. The van der Waals surface area contributed by atoms with Gasteiger partial charge in [0, 0.05) is 6.07 Å². The van der Waals surface area contributed by atoms with E-state index in [1.807, 2.05) is 0 Å². The van der Waals surface area contributed by atoms with E-state index in [-0.39, 0.29) is 29.2 Å². The molecule has 96 valence electrons. The zero-order valence-electron chi connectivity index (χ0n) is 9.88. The highest BCUT2D eigenvalue weighted by Gasteiger charge is 2.22. The van der Waals surface area contributed by atoms with Crippen LogP contribution in [0.3, 0.4) is 0 Å². The molecule has 0 fully saturated rings. The van der Waals surface area contributed by atoms with Crippen LogP contribution >= 0.6 is 0 Å². The fraction of sp³-hybridized carbons (Fsp3) is 0.231. The highest BCUT2D eigenvalue weighted by molar-refractivity contribution is 5.89. The predicted molar refractivity (Wildman–Crippen MR) is 64.0 cm³/mol. The van der Waals surface area contributed by atoms with Crippen molar-refractivity contribution in [3.63, 3.8) is 0 Å². The molecule has 0 aromatic heterocycles. The number of ether oxygens (including phenoxy) is 1. The Hall–Kier alpha value is -2.23. The fourth-order valence-corrected chi connectivity index (χ4v) is 1.43. The molecule has 0 aliphatic heterocycles. The third-order valence-corrected chi connectivity index (χ3v) is 2.20. The summed E-state index contributed by atoms with van der Waals surface area (Å²) in [6, 6.07) is 3.56. The second-order valence-electron chi connectivity index (χ2n) is 3.50. The number of phenolic OH excluding ortho intramolecular Hbond substituents is 2. The van der Waals surface area contributed by atoms with Gasteiger partial charge in [0.1, 0.15) is 23.2 Å². The third kappa shape index (κ3) is 3.13. The van der Waals surface area contributed by atoms with Crippen molar-refractivity contribution in [1.29, 1.82) is 0 Å². The van der Waals surface area contributed by atoms with E-state index in [1.165, 1.54) is 12.1 Å². The molecule has 0 aliphatic rings. The molecule has 1 rings (SSSR count). The number of aliphatic hydroxyl groups is 1. The Labute approximate surface area is 104 Å². The molecule has 5 heteroatoms. The van der Waals surface area contributed by atoms with Crippen molar-refractivity contribution < 1.29 is 24.9 Å². The highest BCUT2D eigenvalue weighted by Crippen LogP contribution is 2.28. The van der Waals surface area contributed by atoms with Crippen molar-refractivity contribution >= 4 is 5.97 Å². The summed E-state index contributed by atoms with van der Waals surface area (Å²) >= 11 is 0. The standard InChI is InChI=1S/C13H14O5/c1-3-11(13(17)18-4-2)12(16)8-5-9(14)7-10(15)6-8/h5-7,12,14-16H,1,4H2,2H3/t12-/m0/s1. The van der Waals surface area contributed by atoms with E-state index >= 15 is 0 Å². The molecule has 0 spiro atoms. The molecule has 0 aliphatic carbocycles. The quantitative estimate of drug-likeness (QED) is 0.427. The number of hydrogen-bond acceptors (Lipinski definition) is 5. The molecule has 0 unspecified atom stereocenters. The van der Waals surface area contributed by atoms with Gasteiger partial charge in [-0.25, -0.2) is 4.79 Å². The molecule has 3 N–H and O–H groups in total. The minimum atomic E-state index is -1.38. The zero-order valence-corrected chi connectivity index (χ0v) is 9.88. The third-order valence-electron chi connectivity index (χ3n) is 2.20. The van der Waals surface area contributed by atoms with Gasteiger partial charge in [0.15, 0.2) is 0 Å². The van der Waals surface area contributed by atoms with E-state index in [4.69, 9.17) is 4.74 Å². The van der Waals surface area contributed by atoms with Crippen LogP contribution in [-0.2, 0) is 9.53 Å². The molecule has 0 heterocycles. The first-order valence-corrected chi connectivity index (χ1v) is 5.27. The van der Waals surface area contributed by atoms with Gasteiger partial charge >= 0.3 is 5.97 Å². The average molecular weight is 250 g/mol. The van der Waals surface area contributed by atoms with Gasteiger partial charge in [-0.2, -0.15) is 0 Å². The molecule has 0 saturated heterocycles. The topological polar surface area (TPSA) is 87.0 Å². The van der Waals surface area contributed by atoms with Crippen LogP contribution in [0.15, 0.2) is 36.1 Å². The van der Waals surface area contributed by atoms with E-state index in [2.05, 4.69) is 12.3 Å². The lowest BCUT2D eigenvalue weighted by molar-refractivity contribution is -0.139. The number of phenols is 2. The maximum atomic E-state index is 11.5. The first kappa shape index (κ1) is 13.8. The van der Waals surface area contributed by atoms with Crippen molar-refractivity contribution in [3.05, 3.63) is 41.6 Å². The molecule has 0 saturated carbocycles. The van der Waals surface area contributed by atoms with Gasteiger partial charge in [-0.3, -0.25) is 0 Å². The monoisotopic (exact) mass is 250 g/mol. The second kappa shape index (κ2) is 5.91. The fourth-order valence-electron chi connectivity index (χ4n) is 1.43. The van der Waals surface area contributed by atoms with E-state index in [0.717, 1.165) is 6.07 Å². The van der Waals surface area contributed by atoms with Crippen LogP contribution in [0.1, 0.15) is 18.6 Å². The Kier molecular flexibility index (Phi) is 4.54. The Bertz CT molecular complexity index is 480. The van der Waals surface area contributed by atoms with Crippen molar-refractivity contribution in [3.8, 4) is 11.5 Å². The van der Waals surface area contributed by atoms with E-state index in [1.54, 1.807) is 6.92 Å². The minimum absolute atomic E-state index is 0.145. The Balaban J connectivity index is 3.08. The molecule has 0 bridgehead atoms. The summed E-state index contributed by atoms with van der Waals surface area (Å²) in [6.45, 7) is 5.09. The molecule has 0 amide bonds. The van der Waals surface area contributed by atoms with E-state index in [9.17, 15) is 20.1 Å². The largest absolute Gasteiger partial charge is 0.508 e. The van der Waals surface area contributed by atoms with Crippen LogP contribution in [0.25, 0.3) is 0 Å². The van der Waals surface area contributed by atoms with Crippen molar-refractivity contribution in [2.45, 2.75) is 13.0 Å². The normalized spacial score (nSPS) is 11.4. The first-order chi connectivity index (χ1) is 8.49. The molecule has 18 heavy (non-hydrogen) atoms. The number of esters is 1. The van der Waals surface area contributed by atoms with Crippen LogP contribution in [0.4, 0.5) is 0 Å². The number of rotatable bonds is 4. The number of carbonyl (C=O) groups is 1. The van der Waals surface area contributed by atoms with Crippen LogP contribution in [0.5, 0.6) is 11.5 Å². The summed E-state index contributed by atoms with van der Waals surface area (Å²) in [6.07, 6.45) is -1.38. The van der Waals surface area contributed by atoms with Gasteiger partial charge in [-0.1, -0.05) is 6.58 Å². The van der Waals surface area contributed by atoms with Crippen LogP contribution in [0, 0.1) is 0 Å². The van der Waals surface area contributed by atoms with Crippen molar-refractivity contribution in [2.24, 2.45) is 0 Å². The SMILES string of the molecule is C=C=C(C(=O)OCC)[C@@H](O)c1cc(O)cc(O)c1. The number of aromatic hydroxyl groups is 2. The lowest BCUT2D eigenvalue weighted by atomic mass is 10.0. The molecular weight excluding hydrogens is 236 g/mol. The summed E-state index contributed by atoms with van der Waals surface area (Å²) < 4.78 is 4.73. The van der Waals surface area contributed by atoms with Gasteiger partial charge in [0.25, 0.3) is 0 Å². The first-order valence-electron chi connectivity index (χ1n) is 5.27. The molecule has 1 aromatic rings. The number of aliphatic hydroxyl groups excluding tert-OH is 1. The molecule has 5 nitrogen and oxygen atoms in total. The van der Waals surface area contributed by atoms with Gasteiger partial charge in [-0.05, 0) is 24.6 Å². The molecule has 1 atom stereocenters. The summed E-state index contributed by atoms with van der Waals surface area (Å²) in [5.41, 5.74) is 2.27. The van der Waals surface area contributed by atoms with E-state index < -0.39 is 12.1 Å². The number of hydrogen-bond donors (Lipinski definition) is 3. The number of carbonyl (C=O) groups excluding carboxylic acids is 1. The molecule has 0 radical (unpaired) electrons. The lowest BCUT2D eigenvalue weighted by Gasteiger charge is -2.13. The van der Waals surface area contributed by atoms with Gasteiger partial charge < -0.3 is 20.1 Å². The van der Waals surface area contributed by atoms with Crippen LogP contribution in [-0.4, -0.2) is 27.9 Å².